The van der Waals surface area contributed by atoms with Crippen molar-refractivity contribution in [3.8, 4) is 5.75 Å². The Morgan fingerprint density at radius 3 is 2.60 bits per heavy atom. The van der Waals surface area contributed by atoms with E-state index in [0.717, 1.165) is 30.0 Å². The molecule has 2 rings (SSSR count). The Morgan fingerprint density at radius 2 is 1.93 bits per heavy atom. The third-order valence-electron chi connectivity index (χ3n) is 4.09. The van der Waals surface area contributed by atoms with Crippen molar-refractivity contribution in [3.05, 3.63) is 45.4 Å². The molecule has 7 nitrogen and oxygen atoms in total. The van der Waals surface area contributed by atoms with Gasteiger partial charge in [0.25, 0.3) is 5.91 Å². The SMILES string of the molecule is CCCOc1cc(C)ccc1CN=C(NCC)NCCNC(=O)c1scnc1C.I. The molecule has 9 heteroatoms. The van der Waals surface area contributed by atoms with Crippen molar-refractivity contribution in [2.75, 3.05) is 26.2 Å². The quantitative estimate of drug-likeness (QED) is 0.184. The first-order valence-corrected chi connectivity index (χ1v) is 10.9. The highest BCUT2D eigenvalue weighted by molar-refractivity contribution is 14.0. The van der Waals surface area contributed by atoms with Gasteiger partial charge in [0.2, 0.25) is 0 Å². The number of guanidine groups is 1. The molecule has 0 saturated carbocycles. The number of aryl methyl sites for hydroxylation is 2. The van der Waals surface area contributed by atoms with Gasteiger partial charge in [-0.05, 0) is 38.8 Å². The minimum absolute atomic E-state index is 0. The fraction of sp³-hybridized carbons (Fsp3) is 0.476. The van der Waals surface area contributed by atoms with Crippen LogP contribution in [-0.4, -0.2) is 43.1 Å². The van der Waals surface area contributed by atoms with Crippen LogP contribution in [0.15, 0.2) is 28.7 Å². The normalized spacial score (nSPS) is 10.9. The molecule has 0 aliphatic rings. The van der Waals surface area contributed by atoms with E-state index in [-0.39, 0.29) is 29.9 Å². The van der Waals surface area contributed by atoms with Crippen LogP contribution in [0.5, 0.6) is 5.75 Å². The highest BCUT2D eigenvalue weighted by atomic mass is 127. The predicted octanol–water partition coefficient (Wildman–Crippen LogP) is 3.65. The summed E-state index contributed by atoms with van der Waals surface area (Å²) in [4.78, 5) is 21.5. The lowest BCUT2D eigenvalue weighted by molar-refractivity contribution is 0.0957. The maximum atomic E-state index is 12.1. The van der Waals surface area contributed by atoms with E-state index < -0.39 is 0 Å². The first-order valence-electron chi connectivity index (χ1n) is 9.97. The first kappa shape index (κ1) is 26.2. The van der Waals surface area contributed by atoms with Crippen molar-refractivity contribution in [2.24, 2.45) is 4.99 Å². The van der Waals surface area contributed by atoms with Crippen LogP contribution in [0.2, 0.25) is 0 Å². The first-order chi connectivity index (χ1) is 14.0. The lowest BCUT2D eigenvalue weighted by Gasteiger charge is -2.13. The Kier molecular flexibility index (Phi) is 12.4. The van der Waals surface area contributed by atoms with E-state index in [1.807, 2.05) is 13.8 Å². The minimum Gasteiger partial charge on any atom is -0.493 e. The van der Waals surface area contributed by atoms with Gasteiger partial charge in [-0.1, -0.05) is 19.1 Å². The lowest BCUT2D eigenvalue weighted by atomic mass is 10.1. The van der Waals surface area contributed by atoms with Crippen molar-refractivity contribution < 1.29 is 9.53 Å². The van der Waals surface area contributed by atoms with Gasteiger partial charge in [0.05, 0.1) is 24.4 Å². The van der Waals surface area contributed by atoms with Crippen molar-refractivity contribution in [1.82, 2.24) is 20.9 Å². The maximum Gasteiger partial charge on any atom is 0.263 e. The van der Waals surface area contributed by atoms with Gasteiger partial charge in [0, 0.05) is 25.2 Å². The zero-order valence-corrected chi connectivity index (χ0v) is 21.2. The molecule has 1 heterocycles. The van der Waals surface area contributed by atoms with Crippen LogP contribution in [-0.2, 0) is 6.54 Å². The molecule has 1 aromatic carbocycles. The molecule has 166 valence electrons. The number of amides is 1. The Balaban J connectivity index is 0.00000450. The van der Waals surface area contributed by atoms with Crippen LogP contribution < -0.4 is 20.7 Å². The summed E-state index contributed by atoms with van der Waals surface area (Å²) in [6.45, 7) is 11.0. The van der Waals surface area contributed by atoms with E-state index in [9.17, 15) is 4.79 Å². The molecule has 0 bridgehead atoms. The summed E-state index contributed by atoms with van der Waals surface area (Å²) in [6, 6.07) is 6.18. The number of aromatic nitrogens is 1. The number of carbonyl (C=O) groups excluding carboxylic acids is 1. The van der Waals surface area contributed by atoms with Crippen molar-refractivity contribution in [1.29, 1.82) is 0 Å². The summed E-state index contributed by atoms with van der Waals surface area (Å²) in [6.07, 6.45) is 0.966. The third kappa shape index (κ3) is 8.47. The number of nitrogens with zero attached hydrogens (tertiary/aromatic N) is 2. The van der Waals surface area contributed by atoms with E-state index >= 15 is 0 Å². The summed E-state index contributed by atoms with van der Waals surface area (Å²) in [5, 5.41) is 9.38. The Hall–Kier alpha value is -1.88. The van der Waals surface area contributed by atoms with Crippen LogP contribution in [0.25, 0.3) is 0 Å². The molecule has 0 atom stereocenters. The van der Waals surface area contributed by atoms with Crippen LogP contribution >= 0.6 is 35.3 Å². The Labute approximate surface area is 200 Å². The van der Waals surface area contributed by atoms with Gasteiger partial charge < -0.3 is 20.7 Å². The fourth-order valence-corrected chi connectivity index (χ4v) is 3.32. The van der Waals surface area contributed by atoms with Crippen LogP contribution in [0.3, 0.4) is 0 Å². The van der Waals surface area contributed by atoms with Gasteiger partial charge in [-0.15, -0.1) is 35.3 Å². The summed E-state index contributed by atoms with van der Waals surface area (Å²) in [5.74, 6) is 1.50. The molecular weight excluding hydrogens is 513 g/mol. The van der Waals surface area contributed by atoms with Crippen LogP contribution in [0.4, 0.5) is 0 Å². The summed E-state index contributed by atoms with van der Waals surface area (Å²) >= 11 is 1.35. The average molecular weight is 545 g/mol. The van der Waals surface area contributed by atoms with Gasteiger partial charge in [-0.25, -0.2) is 9.98 Å². The highest BCUT2D eigenvalue weighted by Gasteiger charge is 2.10. The molecule has 0 radical (unpaired) electrons. The van der Waals surface area contributed by atoms with Gasteiger partial charge in [0.1, 0.15) is 10.6 Å². The second kappa shape index (κ2) is 14.2. The minimum atomic E-state index is -0.0916. The average Bonchev–Trinajstić information content (AvgIpc) is 3.14. The van der Waals surface area contributed by atoms with Gasteiger partial charge >= 0.3 is 0 Å². The highest BCUT2D eigenvalue weighted by Crippen LogP contribution is 2.21. The molecule has 0 aliphatic heterocycles. The predicted molar refractivity (Wildman–Crippen MR) is 134 cm³/mol. The topological polar surface area (TPSA) is 87.6 Å². The van der Waals surface area contributed by atoms with E-state index in [1.54, 1.807) is 5.51 Å². The van der Waals surface area contributed by atoms with E-state index in [1.165, 1.54) is 16.9 Å². The number of thiazole rings is 1. The Morgan fingerprint density at radius 1 is 1.17 bits per heavy atom. The molecule has 0 spiro atoms. The largest absolute Gasteiger partial charge is 0.493 e. The third-order valence-corrected chi connectivity index (χ3v) is 5.02. The summed E-state index contributed by atoms with van der Waals surface area (Å²) in [5.41, 5.74) is 4.66. The Bertz CT molecular complexity index is 825. The van der Waals surface area contributed by atoms with Gasteiger partial charge in [-0.2, -0.15) is 0 Å². The number of nitrogens with one attached hydrogen (secondary N) is 3. The molecular formula is C21H32IN5O2S. The number of halogens is 1. The number of benzene rings is 1. The van der Waals surface area contributed by atoms with Crippen LogP contribution in [0.1, 0.15) is 46.8 Å². The van der Waals surface area contributed by atoms with E-state index in [4.69, 9.17) is 4.74 Å². The summed E-state index contributed by atoms with van der Waals surface area (Å²) in [7, 11) is 0. The zero-order valence-electron chi connectivity index (χ0n) is 18.1. The molecule has 0 aliphatic carbocycles. The van der Waals surface area contributed by atoms with Gasteiger partial charge in [0.15, 0.2) is 5.96 Å². The standard InChI is InChI=1S/C21H31N5O2S.HI/c1-5-11-28-18-12-15(3)7-8-17(18)13-25-21(22-6-2)24-10-9-23-20(27)19-16(4)26-14-29-19;/h7-8,12,14H,5-6,9-11,13H2,1-4H3,(H,23,27)(H2,22,24,25);1H. The molecule has 0 unspecified atom stereocenters. The smallest absolute Gasteiger partial charge is 0.263 e. The summed E-state index contributed by atoms with van der Waals surface area (Å²) < 4.78 is 5.87. The molecule has 30 heavy (non-hydrogen) atoms. The number of carbonyl (C=O) groups is 1. The van der Waals surface area contributed by atoms with E-state index in [2.05, 4.69) is 58.0 Å². The molecule has 1 amide bonds. The second-order valence-corrected chi connectivity index (χ2v) is 7.46. The molecule has 3 N–H and O–H groups in total. The number of ether oxygens (including phenoxy) is 1. The lowest BCUT2D eigenvalue weighted by Crippen LogP contribution is -2.41. The van der Waals surface area contributed by atoms with Gasteiger partial charge in [-0.3, -0.25) is 4.79 Å². The van der Waals surface area contributed by atoms with Crippen molar-refractivity contribution >= 4 is 47.2 Å². The molecule has 2 aromatic rings. The van der Waals surface area contributed by atoms with Crippen LogP contribution in [0, 0.1) is 13.8 Å². The molecule has 1 aromatic heterocycles. The monoisotopic (exact) mass is 545 g/mol. The second-order valence-electron chi connectivity index (χ2n) is 6.60. The fourth-order valence-electron chi connectivity index (χ4n) is 2.60. The molecule has 0 fully saturated rings. The number of hydrogen-bond acceptors (Lipinski definition) is 5. The number of hydrogen-bond donors (Lipinski definition) is 3. The van der Waals surface area contributed by atoms with E-state index in [0.29, 0.717) is 37.1 Å². The van der Waals surface area contributed by atoms with Crippen molar-refractivity contribution in [2.45, 2.75) is 40.7 Å². The number of rotatable bonds is 10. The molecule has 0 saturated heterocycles. The maximum absolute atomic E-state index is 12.1. The number of aliphatic imine (C=N–C) groups is 1. The van der Waals surface area contributed by atoms with Crippen molar-refractivity contribution in [3.63, 3.8) is 0 Å². The zero-order chi connectivity index (χ0) is 21.1.